The Bertz CT molecular complexity index is 2900. The number of carbonyl (C=O) groups is 8. The van der Waals surface area contributed by atoms with Crippen molar-refractivity contribution in [2.24, 2.45) is 11.7 Å². The van der Waals surface area contributed by atoms with E-state index in [2.05, 4.69) is 21.3 Å². The number of hydrogen-bond acceptors (Lipinski definition) is 14. The van der Waals surface area contributed by atoms with Crippen molar-refractivity contribution in [2.75, 3.05) is 18.4 Å². The number of imide groups is 1. The molecule has 0 spiro atoms. The molecule has 0 fully saturated rings. The van der Waals surface area contributed by atoms with Crippen LogP contribution in [0.2, 0.25) is 0 Å². The van der Waals surface area contributed by atoms with Gasteiger partial charge in [-0.15, -0.1) is 0 Å². The predicted molar refractivity (Wildman–Crippen MR) is 260 cm³/mol. The second-order valence-electron chi connectivity index (χ2n) is 18.1. The van der Waals surface area contributed by atoms with Gasteiger partial charge in [-0.2, -0.15) is 0 Å². The van der Waals surface area contributed by atoms with Crippen LogP contribution in [0.5, 0.6) is 5.75 Å². The van der Waals surface area contributed by atoms with E-state index in [0.29, 0.717) is 53.8 Å². The van der Waals surface area contributed by atoms with Crippen molar-refractivity contribution in [3.63, 3.8) is 0 Å². The van der Waals surface area contributed by atoms with E-state index in [1.807, 2.05) is 6.92 Å². The monoisotopic (exact) mass is 990 g/mol. The number of aromatic hydroxyl groups is 1. The summed E-state index contributed by atoms with van der Waals surface area (Å²) in [6.07, 6.45) is 3.69. The quantitative estimate of drug-likeness (QED) is 0.0341. The SMILES string of the molecule is CCc1c2c(nc3ccc(O)cc13)-c1cc3c(c(=O)n1C2)COC(=O)C3(CC)OC(=O)OCc1ccc(NC(=O)C(CCCNC(N)=O)NC(=O)C(NC(=O)CCCCCN2C(=O)C=CC2=O)C(C)C)cc1. The van der Waals surface area contributed by atoms with E-state index in [4.69, 9.17) is 24.9 Å². The fraction of sp³-hybridized carbons (Fsp3) is 0.412. The predicted octanol–water partition coefficient (Wildman–Crippen LogP) is 4.21. The molecule has 7 amide bonds. The maximum atomic E-state index is 14.1. The number of nitrogens with one attached hydrogen (secondary N) is 4. The van der Waals surface area contributed by atoms with Gasteiger partial charge in [0.1, 0.15) is 31.0 Å². The van der Waals surface area contributed by atoms with Crippen molar-refractivity contribution < 1.29 is 57.7 Å². The zero-order valence-corrected chi connectivity index (χ0v) is 40.5. The van der Waals surface area contributed by atoms with Crippen molar-refractivity contribution in [1.29, 1.82) is 0 Å². The van der Waals surface area contributed by atoms with E-state index < -0.39 is 53.2 Å². The molecule has 3 atom stereocenters. The minimum Gasteiger partial charge on any atom is -0.508 e. The van der Waals surface area contributed by atoms with Crippen molar-refractivity contribution >= 4 is 64.3 Å². The standard InChI is InChI=1S/C51H58N8O13/c1-5-32-33-23-31(60)17-18-37(33)55-44-34(32)25-59-39(44)24-36-35(47(59)66)27-70-48(67)51(36,6-2)72-50(69)71-26-29-13-15-30(16-14-29)54-45(64)38(11-10-21-53-49(52)68)56-46(65)43(28(3)4)57-40(61)12-8-7-9-22-58-41(62)19-20-42(58)63/h13-20,23-24,28,38,43,60H,5-12,21-22,25-27H2,1-4H3,(H,54,64)(H,56,65)(H,57,61)(H3,52,53,68). The number of nitrogens with two attached hydrogens (primary N) is 1. The molecular formula is C51H58N8O13. The number of aryl methyl sites for hydroxylation is 1. The average molecular weight is 991 g/mol. The Morgan fingerprint density at radius 1 is 0.903 bits per heavy atom. The van der Waals surface area contributed by atoms with E-state index in [9.17, 15) is 48.3 Å². The number of cyclic esters (lactones) is 1. The first-order valence-electron chi connectivity index (χ1n) is 24.0. The average Bonchev–Trinajstić information content (AvgIpc) is 3.88. The molecule has 3 aliphatic heterocycles. The molecule has 0 radical (unpaired) electrons. The molecule has 21 nitrogen and oxygen atoms in total. The lowest BCUT2D eigenvalue weighted by atomic mass is 9.85. The minimum atomic E-state index is -2.02. The van der Waals surface area contributed by atoms with Gasteiger partial charge in [0.25, 0.3) is 17.4 Å². The van der Waals surface area contributed by atoms with Gasteiger partial charge in [-0.25, -0.2) is 19.4 Å². The number of esters is 1. The van der Waals surface area contributed by atoms with Crippen molar-refractivity contribution in [1.82, 2.24) is 30.4 Å². The highest BCUT2D eigenvalue weighted by Gasteiger charge is 2.51. The molecule has 380 valence electrons. The van der Waals surface area contributed by atoms with Crippen LogP contribution in [0.15, 0.2) is 65.5 Å². The van der Waals surface area contributed by atoms with Crippen LogP contribution in [-0.4, -0.2) is 92.4 Å². The number of aromatic nitrogens is 2. The number of amides is 7. The highest BCUT2D eigenvalue weighted by Crippen LogP contribution is 2.42. The molecule has 7 rings (SSSR count). The van der Waals surface area contributed by atoms with Gasteiger partial charge >= 0.3 is 18.2 Å². The highest BCUT2D eigenvalue weighted by atomic mass is 16.7. The molecule has 0 bridgehead atoms. The highest BCUT2D eigenvalue weighted by molar-refractivity contribution is 6.12. The molecule has 0 saturated heterocycles. The lowest BCUT2D eigenvalue weighted by molar-refractivity contribution is -0.175. The zero-order valence-electron chi connectivity index (χ0n) is 40.5. The van der Waals surface area contributed by atoms with Crippen LogP contribution in [0.3, 0.4) is 0 Å². The number of anilines is 1. The second-order valence-corrected chi connectivity index (χ2v) is 18.1. The Kier molecular flexibility index (Phi) is 16.0. The number of benzene rings is 2. The van der Waals surface area contributed by atoms with Crippen molar-refractivity contribution in [3.8, 4) is 17.1 Å². The second kappa shape index (κ2) is 22.3. The first kappa shape index (κ1) is 51.7. The number of urea groups is 1. The van der Waals surface area contributed by atoms with Gasteiger partial charge in [0.2, 0.25) is 23.3 Å². The third-order valence-electron chi connectivity index (χ3n) is 13.0. The Hall–Kier alpha value is -8.10. The lowest BCUT2D eigenvalue weighted by Crippen LogP contribution is -2.54. The number of unbranched alkanes of at least 4 members (excludes halogenated alkanes) is 2. The molecule has 3 aliphatic rings. The van der Waals surface area contributed by atoms with Gasteiger partial charge < -0.3 is 50.9 Å². The number of carbonyl (C=O) groups excluding carboxylic acids is 8. The molecule has 7 N–H and O–H groups in total. The van der Waals surface area contributed by atoms with Gasteiger partial charge in [-0.05, 0) is 92.0 Å². The van der Waals surface area contributed by atoms with Crippen LogP contribution < -0.4 is 32.6 Å². The normalized spacial score (nSPS) is 16.3. The molecule has 3 unspecified atom stereocenters. The van der Waals surface area contributed by atoms with Crippen LogP contribution in [-0.2, 0) is 74.8 Å². The van der Waals surface area contributed by atoms with Crippen LogP contribution in [0, 0.1) is 5.92 Å². The van der Waals surface area contributed by atoms with E-state index in [1.165, 1.54) is 18.2 Å². The number of phenols is 1. The maximum Gasteiger partial charge on any atom is 0.510 e. The Balaban J connectivity index is 0.970. The van der Waals surface area contributed by atoms with Crippen LogP contribution in [0.4, 0.5) is 15.3 Å². The van der Waals surface area contributed by atoms with E-state index in [1.54, 1.807) is 67.8 Å². The minimum absolute atomic E-state index is 0.0875. The van der Waals surface area contributed by atoms with E-state index in [0.717, 1.165) is 21.4 Å². The summed E-state index contributed by atoms with van der Waals surface area (Å²) in [4.78, 5) is 122. The third-order valence-corrected chi connectivity index (χ3v) is 13.0. The number of primary amides is 1. The van der Waals surface area contributed by atoms with Gasteiger partial charge in [-0.3, -0.25) is 33.7 Å². The fourth-order valence-corrected chi connectivity index (χ4v) is 9.15. The molecule has 4 aromatic rings. The summed E-state index contributed by atoms with van der Waals surface area (Å²) < 4.78 is 18.3. The summed E-state index contributed by atoms with van der Waals surface area (Å²) in [5.41, 5.74) is 7.22. The number of ether oxygens (including phenoxy) is 3. The molecule has 0 aliphatic carbocycles. The molecule has 21 heteroatoms. The van der Waals surface area contributed by atoms with Gasteiger partial charge in [0.05, 0.1) is 29.0 Å². The topological polar surface area (TPSA) is 297 Å². The van der Waals surface area contributed by atoms with Crippen LogP contribution in [0.1, 0.15) is 100 Å². The molecule has 5 heterocycles. The molecular weight excluding hydrogens is 933 g/mol. The summed E-state index contributed by atoms with van der Waals surface area (Å²) >= 11 is 0. The first-order chi connectivity index (χ1) is 34.4. The number of pyridine rings is 2. The largest absolute Gasteiger partial charge is 0.510 e. The summed E-state index contributed by atoms with van der Waals surface area (Å²) in [5, 5.41) is 21.7. The van der Waals surface area contributed by atoms with E-state index >= 15 is 0 Å². The number of hydrogen-bond donors (Lipinski definition) is 6. The summed E-state index contributed by atoms with van der Waals surface area (Å²) in [6, 6.07) is 9.90. The molecule has 0 saturated carbocycles. The van der Waals surface area contributed by atoms with Gasteiger partial charge in [0.15, 0.2) is 0 Å². The van der Waals surface area contributed by atoms with Crippen LogP contribution in [0.25, 0.3) is 22.3 Å². The van der Waals surface area contributed by atoms with Crippen LogP contribution >= 0.6 is 0 Å². The smallest absolute Gasteiger partial charge is 0.508 e. The lowest BCUT2D eigenvalue weighted by Gasteiger charge is -2.35. The number of rotatable bonds is 21. The zero-order chi connectivity index (χ0) is 51.9. The number of fused-ring (bicyclic) bond motifs is 5. The van der Waals surface area contributed by atoms with Crippen molar-refractivity contribution in [3.05, 3.63) is 98.9 Å². The third kappa shape index (κ3) is 11.2. The molecule has 2 aromatic heterocycles. The van der Waals surface area contributed by atoms with Crippen molar-refractivity contribution in [2.45, 2.75) is 117 Å². The maximum absolute atomic E-state index is 14.1. The fourth-order valence-electron chi connectivity index (χ4n) is 9.15. The first-order valence-corrected chi connectivity index (χ1v) is 24.0. The van der Waals surface area contributed by atoms with Gasteiger partial charge in [-0.1, -0.05) is 46.2 Å². The summed E-state index contributed by atoms with van der Waals surface area (Å²) in [7, 11) is 0. The van der Waals surface area contributed by atoms with E-state index in [-0.39, 0.29) is 99.0 Å². The Morgan fingerprint density at radius 3 is 2.32 bits per heavy atom. The number of phenolic OH excluding ortho intramolecular Hbond substituents is 1. The Labute approximate surface area is 413 Å². The van der Waals surface area contributed by atoms with Gasteiger partial charge in [0, 0.05) is 53.9 Å². The summed E-state index contributed by atoms with van der Waals surface area (Å²) in [6.45, 7) is 7.01. The Morgan fingerprint density at radius 2 is 1.64 bits per heavy atom. The molecule has 2 aromatic carbocycles. The summed E-state index contributed by atoms with van der Waals surface area (Å²) in [5.74, 6) is -3.47. The number of nitrogens with zero attached hydrogens (tertiary/aromatic N) is 3. The molecule has 72 heavy (non-hydrogen) atoms.